The first kappa shape index (κ1) is 20.9. The van der Waals surface area contributed by atoms with Crippen LogP contribution in [0, 0.1) is 0 Å². The monoisotopic (exact) mass is 417 g/mol. The highest BCUT2D eigenvalue weighted by molar-refractivity contribution is 6.00. The highest BCUT2D eigenvalue weighted by Crippen LogP contribution is 2.24. The molecule has 2 N–H and O–H groups in total. The van der Waals surface area contributed by atoms with Gasteiger partial charge in [-0.15, -0.1) is 0 Å². The third kappa shape index (κ3) is 4.88. The molecule has 3 heterocycles. The molecule has 0 atom stereocenters. The lowest BCUT2D eigenvalue weighted by molar-refractivity contribution is 0.0988. The van der Waals surface area contributed by atoms with Crippen molar-refractivity contribution in [2.75, 3.05) is 36.9 Å². The molecule has 0 bridgehead atoms. The summed E-state index contributed by atoms with van der Waals surface area (Å²) in [6.45, 7) is 5.08. The second-order valence-corrected chi connectivity index (χ2v) is 7.64. The molecule has 2 aromatic heterocycles. The normalized spacial score (nSPS) is 13.9. The molecule has 1 aliphatic rings. The molecule has 0 amide bonds. The Hall–Kier alpha value is -3.32. The van der Waals surface area contributed by atoms with Crippen molar-refractivity contribution < 1.29 is 9.53 Å². The van der Waals surface area contributed by atoms with Crippen LogP contribution in [0.3, 0.4) is 0 Å². The van der Waals surface area contributed by atoms with Gasteiger partial charge in [0.1, 0.15) is 5.69 Å². The fraction of sp³-hybridized carbons (Fsp3) is 0.333. The first-order valence-corrected chi connectivity index (χ1v) is 10.7. The lowest BCUT2D eigenvalue weighted by atomic mass is 10.0. The van der Waals surface area contributed by atoms with Gasteiger partial charge < -0.3 is 15.4 Å². The number of pyridine rings is 1. The van der Waals surface area contributed by atoms with E-state index < -0.39 is 0 Å². The summed E-state index contributed by atoms with van der Waals surface area (Å²) in [7, 11) is 0. The zero-order chi connectivity index (χ0) is 21.6. The average Bonchev–Trinajstić information content (AvgIpc) is 2.81. The summed E-state index contributed by atoms with van der Waals surface area (Å²) < 4.78 is 5.44. The molecule has 0 unspecified atom stereocenters. The molecule has 0 radical (unpaired) electrons. The van der Waals surface area contributed by atoms with E-state index in [9.17, 15) is 4.79 Å². The number of hydrogen-bond acceptors (Lipinski definition) is 7. The number of aryl methyl sites for hydroxylation is 1. The van der Waals surface area contributed by atoms with Crippen LogP contribution >= 0.6 is 0 Å². The van der Waals surface area contributed by atoms with Crippen LogP contribution in [0.4, 0.5) is 11.5 Å². The number of carbonyl (C=O) groups is 1. The van der Waals surface area contributed by atoms with Crippen LogP contribution in [0.5, 0.6) is 0 Å². The lowest BCUT2D eigenvalue weighted by Crippen LogP contribution is -2.37. The van der Waals surface area contributed by atoms with Crippen molar-refractivity contribution in [3.8, 4) is 11.3 Å². The summed E-state index contributed by atoms with van der Waals surface area (Å²) in [5.74, 6) is -0.0230. The minimum Gasteiger partial charge on any atom is -0.382 e. The molecule has 0 saturated carbocycles. The van der Waals surface area contributed by atoms with Gasteiger partial charge in [0.05, 0.1) is 25.1 Å². The van der Waals surface area contributed by atoms with Crippen LogP contribution < -0.4 is 10.6 Å². The van der Waals surface area contributed by atoms with E-state index in [0.29, 0.717) is 18.9 Å². The van der Waals surface area contributed by atoms with Crippen LogP contribution in [-0.4, -0.2) is 47.0 Å². The average molecular weight is 418 g/mol. The van der Waals surface area contributed by atoms with E-state index >= 15 is 0 Å². The predicted octanol–water partition coefficient (Wildman–Crippen LogP) is 3.34. The number of rotatable bonds is 7. The molecule has 7 heteroatoms. The van der Waals surface area contributed by atoms with Gasteiger partial charge in [-0.05, 0) is 18.1 Å². The Bertz CT molecular complexity index is 1050. The number of carbonyl (C=O) groups excluding carboxylic acids is 1. The number of ether oxygens (including phenoxy) is 1. The maximum Gasteiger partial charge on any atom is 0.189 e. The second-order valence-electron chi connectivity index (χ2n) is 7.64. The summed E-state index contributed by atoms with van der Waals surface area (Å²) >= 11 is 0. The number of aromatic nitrogens is 3. The SMILES string of the molecule is CCCc1ccc(-c2cnc(N)c(C(=O)Cc3cnccc3N3CCOCC3)n2)cc1. The van der Waals surface area contributed by atoms with Gasteiger partial charge in [-0.1, -0.05) is 37.6 Å². The second kappa shape index (κ2) is 9.66. The van der Waals surface area contributed by atoms with Gasteiger partial charge in [0, 0.05) is 48.7 Å². The Morgan fingerprint density at radius 3 is 2.65 bits per heavy atom. The minimum absolute atomic E-state index is 0.146. The van der Waals surface area contributed by atoms with Crippen molar-refractivity contribution >= 4 is 17.3 Å². The maximum atomic E-state index is 13.1. The summed E-state index contributed by atoms with van der Waals surface area (Å²) in [6, 6.07) is 10.1. The molecule has 31 heavy (non-hydrogen) atoms. The van der Waals surface area contributed by atoms with Gasteiger partial charge >= 0.3 is 0 Å². The van der Waals surface area contributed by atoms with Gasteiger partial charge in [0.15, 0.2) is 11.6 Å². The number of ketones is 1. The molecule has 1 saturated heterocycles. The van der Waals surface area contributed by atoms with Crippen LogP contribution in [0.25, 0.3) is 11.3 Å². The molecule has 0 spiro atoms. The number of Topliss-reactive ketones (excluding diaryl/α,β-unsaturated/α-hetero) is 1. The quantitative estimate of drug-likeness (QED) is 0.589. The fourth-order valence-electron chi connectivity index (χ4n) is 3.80. The molecule has 1 aromatic carbocycles. The first-order valence-electron chi connectivity index (χ1n) is 10.7. The summed E-state index contributed by atoms with van der Waals surface area (Å²) in [5.41, 5.74) is 10.9. The number of nitrogens with zero attached hydrogens (tertiary/aromatic N) is 4. The molecule has 1 aliphatic heterocycles. The standard InChI is InChI=1S/C24H27N5O2/c1-2-3-17-4-6-18(7-5-17)20-16-27-24(25)23(28-20)22(30)14-19-15-26-9-8-21(19)29-10-12-31-13-11-29/h4-9,15-16H,2-3,10-14H2,1H3,(H2,25,27). The molecule has 3 aromatic rings. The van der Waals surface area contributed by atoms with Crippen molar-refractivity contribution in [2.24, 2.45) is 0 Å². The first-order chi connectivity index (χ1) is 15.2. The number of benzene rings is 1. The van der Waals surface area contributed by atoms with Crippen LogP contribution in [-0.2, 0) is 17.6 Å². The molecular formula is C24H27N5O2. The highest BCUT2D eigenvalue weighted by Gasteiger charge is 2.20. The van der Waals surface area contributed by atoms with Crippen molar-refractivity contribution in [3.63, 3.8) is 0 Å². The Morgan fingerprint density at radius 1 is 1.13 bits per heavy atom. The zero-order valence-electron chi connectivity index (χ0n) is 17.8. The van der Waals surface area contributed by atoms with Crippen LogP contribution in [0.15, 0.2) is 48.9 Å². The summed E-state index contributed by atoms with van der Waals surface area (Å²) in [4.78, 5) is 28.4. The molecule has 1 fully saturated rings. The maximum absolute atomic E-state index is 13.1. The van der Waals surface area contributed by atoms with E-state index in [4.69, 9.17) is 10.5 Å². The fourth-order valence-corrected chi connectivity index (χ4v) is 3.80. The van der Waals surface area contributed by atoms with E-state index in [1.54, 1.807) is 18.6 Å². The van der Waals surface area contributed by atoms with E-state index in [0.717, 1.165) is 42.7 Å². The van der Waals surface area contributed by atoms with Crippen LogP contribution in [0.1, 0.15) is 35.0 Å². The topological polar surface area (TPSA) is 94.2 Å². The number of anilines is 2. The lowest BCUT2D eigenvalue weighted by Gasteiger charge is -2.30. The summed E-state index contributed by atoms with van der Waals surface area (Å²) in [6.07, 6.45) is 7.40. The van der Waals surface area contributed by atoms with Gasteiger partial charge in [0.25, 0.3) is 0 Å². The molecule has 4 rings (SSSR count). The third-order valence-electron chi connectivity index (χ3n) is 5.43. The van der Waals surface area contributed by atoms with Gasteiger partial charge in [-0.25, -0.2) is 9.97 Å². The smallest absolute Gasteiger partial charge is 0.189 e. The highest BCUT2D eigenvalue weighted by atomic mass is 16.5. The Balaban J connectivity index is 1.57. The Kier molecular flexibility index (Phi) is 6.52. The number of nitrogen functional groups attached to an aromatic ring is 1. The number of hydrogen-bond donors (Lipinski definition) is 1. The third-order valence-corrected chi connectivity index (χ3v) is 5.43. The van der Waals surface area contributed by atoms with E-state index in [-0.39, 0.29) is 23.7 Å². The Labute approximate surface area is 182 Å². The van der Waals surface area contributed by atoms with Gasteiger partial charge in [-0.3, -0.25) is 9.78 Å². The van der Waals surface area contributed by atoms with Crippen LogP contribution in [0.2, 0.25) is 0 Å². The largest absolute Gasteiger partial charge is 0.382 e. The molecule has 7 nitrogen and oxygen atoms in total. The molecule has 160 valence electrons. The van der Waals surface area contributed by atoms with E-state index in [1.807, 2.05) is 18.2 Å². The van der Waals surface area contributed by atoms with Crippen molar-refractivity contribution in [1.82, 2.24) is 15.0 Å². The van der Waals surface area contributed by atoms with Gasteiger partial charge in [-0.2, -0.15) is 0 Å². The van der Waals surface area contributed by atoms with Crippen molar-refractivity contribution in [2.45, 2.75) is 26.2 Å². The van der Waals surface area contributed by atoms with Crippen molar-refractivity contribution in [3.05, 3.63) is 65.7 Å². The predicted molar refractivity (Wildman–Crippen MR) is 121 cm³/mol. The Morgan fingerprint density at radius 2 is 1.90 bits per heavy atom. The van der Waals surface area contributed by atoms with Gasteiger partial charge in [0.2, 0.25) is 0 Å². The molecular weight excluding hydrogens is 390 g/mol. The van der Waals surface area contributed by atoms with E-state index in [2.05, 4.69) is 38.9 Å². The number of morpholine rings is 1. The summed E-state index contributed by atoms with van der Waals surface area (Å²) in [5, 5.41) is 0. The van der Waals surface area contributed by atoms with E-state index in [1.165, 1.54) is 5.56 Å². The molecule has 0 aliphatic carbocycles. The number of nitrogens with two attached hydrogens (primary N) is 1. The minimum atomic E-state index is -0.169. The zero-order valence-corrected chi connectivity index (χ0v) is 17.8. The van der Waals surface area contributed by atoms with Crippen molar-refractivity contribution in [1.29, 1.82) is 0 Å².